The third-order valence-electron chi connectivity index (χ3n) is 2.32. The highest BCUT2D eigenvalue weighted by Gasteiger charge is 2.14. The summed E-state index contributed by atoms with van der Waals surface area (Å²) in [6.45, 7) is 4.21. The van der Waals surface area contributed by atoms with Gasteiger partial charge in [0.25, 0.3) is 5.91 Å². The van der Waals surface area contributed by atoms with Crippen LogP contribution in [-0.2, 0) is 6.42 Å². The topological polar surface area (TPSA) is 93.8 Å². The smallest absolute Gasteiger partial charge is 0.278 e. The van der Waals surface area contributed by atoms with Crippen molar-refractivity contribution >= 4 is 28.1 Å². The molecule has 7 heteroatoms. The SMILES string of the molecule is CC(C)Cc1nnc(NC(=O)c2ncccc2N)s1. The van der Waals surface area contributed by atoms with Crippen molar-refractivity contribution in [2.75, 3.05) is 11.1 Å². The van der Waals surface area contributed by atoms with Crippen molar-refractivity contribution < 1.29 is 4.79 Å². The van der Waals surface area contributed by atoms with Gasteiger partial charge in [-0.1, -0.05) is 25.2 Å². The summed E-state index contributed by atoms with van der Waals surface area (Å²) in [5.74, 6) is 0.133. The number of carbonyl (C=O) groups is 1. The number of nitrogens with two attached hydrogens (primary N) is 1. The number of hydrogen-bond acceptors (Lipinski definition) is 6. The largest absolute Gasteiger partial charge is 0.397 e. The maximum atomic E-state index is 12.0. The van der Waals surface area contributed by atoms with Crippen LogP contribution in [0.15, 0.2) is 18.3 Å². The first kappa shape index (κ1) is 13.4. The van der Waals surface area contributed by atoms with Crippen molar-refractivity contribution in [3.63, 3.8) is 0 Å². The van der Waals surface area contributed by atoms with E-state index in [-0.39, 0.29) is 11.6 Å². The molecule has 0 saturated carbocycles. The fourth-order valence-electron chi connectivity index (χ4n) is 1.50. The van der Waals surface area contributed by atoms with E-state index in [1.807, 2.05) is 0 Å². The lowest BCUT2D eigenvalue weighted by Crippen LogP contribution is -2.15. The molecule has 0 aromatic carbocycles. The normalized spacial score (nSPS) is 10.7. The maximum absolute atomic E-state index is 12.0. The first-order chi connectivity index (χ1) is 9.06. The van der Waals surface area contributed by atoms with Gasteiger partial charge in [-0.2, -0.15) is 0 Å². The summed E-state index contributed by atoms with van der Waals surface area (Å²) in [5.41, 5.74) is 6.23. The van der Waals surface area contributed by atoms with E-state index in [1.54, 1.807) is 12.1 Å². The predicted octanol–water partition coefficient (Wildman–Crippen LogP) is 1.97. The number of nitrogens with zero attached hydrogens (tertiary/aromatic N) is 3. The second kappa shape index (κ2) is 5.75. The summed E-state index contributed by atoms with van der Waals surface area (Å²) in [5, 5.41) is 12.0. The molecule has 3 N–H and O–H groups in total. The number of anilines is 2. The molecule has 0 saturated heterocycles. The minimum absolute atomic E-state index is 0.197. The molecule has 0 fully saturated rings. The number of aromatic nitrogens is 3. The number of rotatable bonds is 4. The number of pyridine rings is 1. The Morgan fingerprint density at radius 2 is 2.26 bits per heavy atom. The second-order valence-corrected chi connectivity index (χ2v) is 5.56. The zero-order valence-electron chi connectivity index (χ0n) is 10.8. The van der Waals surface area contributed by atoms with Gasteiger partial charge in [0.2, 0.25) is 5.13 Å². The fourth-order valence-corrected chi connectivity index (χ4v) is 2.45. The summed E-state index contributed by atoms with van der Waals surface area (Å²) in [6.07, 6.45) is 2.37. The van der Waals surface area contributed by atoms with Crippen molar-refractivity contribution in [2.45, 2.75) is 20.3 Å². The molecule has 0 aliphatic carbocycles. The Bertz CT molecular complexity index is 581. The first-order valence-electron chi connectivity index (χ1n) is 5.90. The summed E-state index contributed by atoms with van der Waals surface area (Å²) in [6, 6.07) is 3.31. The standard InChI is InChI=1S/C12H15N5OS/c1-7(2)6-9-16-17-12(19-9)15-11(18)10-8(13)4-3-5-14-10/h3-5,7H,6,13H2,1-2H3,(H,15,17,18). The lowest BCUT2D eigenvalue weighted by atomic mass is 10.1. The molecule has 6 nitrogen and oxygen atoms in total. The van der Waals surface area contributed by atoms with Gasteiger partial charge >= 0.3 is 0 Å². The third-order valence-corrected chi connectivity index (χ3v) is 3.19. The molecular formula is C12H15N5OS. The number of hydrogen-bond donors (Lipinski definition) is 2. The molecule has 0 atom stereocenters. The van der Waals surface area contributed by atoms with Gasteiger partial charge in [0.1, 0.15) is 5.01 Å². The summed E-state index contributed by atoms with van der Waals surface area (Å²) in [4.78, 5) is 15.9. The van der Waals surface area contributed by atoms with Gasteiger partial charge in [-0.15, -0.1) is 10.2 Å². The van der Waals surface area contributed by atoms with Gasteiger partial charge in [-0.25, -0.2) is 4.98 Å². The van der Waals surface area contributed by atoms with E-state index in [0.717, 1.165) is 11.4 Å². The van der Waals surface area contributed by atoms with Crippen molar-refractivity contribution in [1.82, 2.24) is 15.2 Å². The number of carbonyl (C=O) groups excluding carboxylic acids is 1. The molecule has 2 heterocycles. The zero-order chi connectivity index (χ0) is 13.8. The highest BCUT2D eigenvalue weighted by atomic mass is 32.1. The average Bonchev–Trinajstić information content (AvgIpc) is 2.76. The van der Waals surface area contributed by atoms with Gasteiger partial charge < -0.3 is 5.73 Å². The average molecular weight is 277 g/mol. The molecule has 0 aliphatic rings. The monoisotopic (exact) mass is 277 g/mol. The molecule has 0 bridgehead atoms. The summed E-state index contributed by atoms with van der Waals surface area (Å²) >= 11 is 1.37. The molecule has 19 heavy (non-hydrogen) atoms. The van der Waals surface area contributed by atoms with Crippen molar-refractivity contribution in [3.8, 4) is 0 Å². The van der Waals surface area contributed by atoms with E-state index >= 15 is 0 Å². The summed E-state index contributed by atoms with van der Waals surface area (Å²) < 4.78 is 0. The molecule has 1 amide bonds. The molecular weight excluding hydrogens is 262 g/mol. The highest BCUT2D eigenvalue weighted by Crippen LogP contribution is 2.19. The van der Waals surface area contributed by atoms with E-state index in [4.69, 9.17) is 5.73 Å². The van der Waals surface area contributed by atoms with Crippen molar-refractivity contribution in [2.24, 2.45) is 5.92 Å². The zero-order valence-corrected chi connectivity index (χ0v) is 11.6. The van der Waals surface area contributed by atoms with Gasteiger partial charge in [-0.3, -0.25) is 10.1 Å². The van der Waals surface area contributed by atoms with Crippen LogP contribution < -0.4 is 11.1 Å². The second-order valence-electron chi connectivity index (χ2n) is 4.49. The molecule has 100 valence electrons. The Labute approximate surface area is 115 Å². The van der Waals surface area contributed by atoms with Crippen LogP contribution in [0.25, 0.3) is 0 Å². The lowest BCUT2D eigenvalue weighted by molar-refractivity contribution is 0.102. The van der Waals surface area contributed by atoms with Gasteiger partial charge in [0.05, 0.1) is 5.69 Å². The van der Waals surface area contributed by atoms with Crippen LogP contribution in [0.4, 0.5) is 10.8 Å². The Morgan fingerprint density at radius 1 is 1.47 bits per heavy atom. The molecule has 2 rings (SSSR count). The van der Waals surface area contributed by atoms with Gasteiger partial charge in [0.15, 0.2) is 5.69 Å². The Balaban J connectivity index is 2.07. The van der Waals surface area contributed by atoms with Crippen LogP contribution in [-0.4, -0.2) is 21.1 Å². The first-order valence-corrected chi connectivity index (χ1v) is 6.72. The van der Waals surface area contributed by atoms with E-state index in [0.29, 0.717) is 16.7 Å². The Hall–Kier alpha value is -2.02. The van der Waals surface area contributed by atoms with Crippen LogP contribution >= 0.6 is 11.3 Å². The molecule has 0 aliphatic heterocycles. The van der Waals surface area contributed by atoms with E-state index in [1.165, 1.54) is 17.5 Å². The highest BCUT2D eigenvalue weighted by molar-refractivity contribution is 7.15. The minimum atomic E-state index is -0.370. The molecule has 0 spiro atoms. The molecule has 2 aromatic rings. The van der Waals surface area contributed by atoms with Crippen LogP contribution in [0.2, 0.25) is 0 Å². The lowest BCUT2D eigenvalue weighted by Gasteiger charge is -2.02. The molecule has 0 radical (unpaired) electrons. The van der Waals surface area contributed by atoms with Crippen molar-refractivity contribution in [1.29, 1.82) is 0 Å². The van der Waals surface area contributed by atoms with Crippen molar-refractivity contribution in [3.05, 3.63) is 29.0 Å². The van der Waals surface area contributed by atoms with Crippen LogP contribution in [0.3, 0.4) is 0 Å². The number of nitrogen functional groups attached to an aromatic ring is 1. The molecule has 0 unspecified atom stereocenters. The quantitative estimate of drug-likeness (QED) is 0.891. The fraction of sp³-hybridized carbons (Fsp3) is 0.333. The van der Waals surface area contributed by atoms with Crippen LogP contribution in [0, 0.1) is 5.92 Å². The maximum Gasteiger partial charge on any atom is 0.278 e. The van der Waals surface area contributed by atoms with Gasteiger partial charge in [0, 0.05) is 12.6 Å². The summed E-state index contributed by atoms with van der Waals surface area (Å²) in [7, 11) is 0. The van der Waals surface area contributed by atoms with Crippen LogP contribution in [0.1, 0.15) is 29.3 Å². The predicted molar refractivity (Wildman–Crippen MR) is 75.1 cm³/mol. The van der Waals surface area contributed by atoms with E-state index in [9.17, 15) is 4.79 Å². The van der Waals surface area contributed by atoms with E-state index in [2.05, 4.69) is 34.3 Å². The van der Waals surface area contributed by atoms with E-state index < -0.39 is 0 Å². The van der Waals surface area contributed by atoms with Crippen LogP contribution in [0.5, 0.6) is 0 Å². The minimum Gasteiger partial charge on any atom is -0.397 e. The Kier molecular flexibility index (Phi) is 4.06. The molecule has 2 aromatic heterocycles. The number of nitrogens with one attached hydrogen (secondary N) is 1. The van der Waals surface area contributed by atoms with Gasteiger partial charge in [-0.05, 0) is 18.1 Å². The third kappa shape index (κ3) is 3.47. The Morgan fingerprint density at radius 3 is 2.95 bits per heavy atom. The number of amides is 1.